The summed E-state index contributed by atoms with van der Waals surface area (Å²) in [5.74, 6) is 1.23. The molecule has 2 atom stereocenters. The SMILES string of the molecule is COc1ccc(C2NN=C3CC(C)(C)OCC32)cc1. The zero-order valence-electron chi connectivity index (χ0n) is 11.6. The molecule has 1 aromatic carbocycles. The second-order valence-electron chi connectivity index (χ2n) is 5.84. The van der Waals surface area contributed by atoms with E-state index in [1.54, 1.807) is 7.11 Å². The molecule has 0 saturated carbocycles. The summed E-state index contributed by atoms with van der Waals surface area (Å²) in [4.78, 5) is 0. The number of rotatable bonds is 2. The van der Waals surface area contributed by atoms with Crippen molar-refractivity contribution >= 4 is 5.71 Å². The third-order valence-electron chi connectivity index (χ3n) is 3.91. The average Bonchev–Trinajstić information content (AvgIpc) is 2.80. The molecule has 0 bridgehead atoms. The van der Waals surface area contributed by atoms with Gasteiger partial charge in [-0.15, -0.1) is 0 Å². The number of methoxy groups -OCH3 is 1. The van der Waals surface area contributed by atoms with Gasteiger partial charge in [-0.1, -0.05) is 12.1 Å². The van der Waals surface area contributed by atoms with E-state index in [4.69, 9.17) is 9.47 Å². The predicted octanol–water partition coefficient (Wildman–Crippen LogP) is 2.51. The summed E-state index contributed by atoms with van der Waals surface area (Å²) in [6, 6.07) is 8.38. The van der Waals surface area contributed by atoms with Gasteiger partial charge in [0.15, 0.2) is 0 Å². The lowest BCUT2D eigenvalue weighted by Crippen LogP contribution is -2.40. The summed E-state index contributed by atoms with van der Waals surface area (Å²) in [5.41, 5.74) is 5.63. The van der Waals surface area contributed by atoms with E-state index in [0.29, 0.717) is 5.92 Å². The zero-order chi connectivity index (χ0) is 13.5. The van der Waals surface area contributed by atoms with E-state index in [9.17, 15) is 0 Å². The average molecular weight is 260 g/mol. The van der Waals surface area contributed by atoms with Crippen LogP contribution in [-0.4, -0.2) is 25.0 Å². The highest BCUT2D eigenvalue weighted by Gasteiger charge is 2.40. The van der Waals surface area contributed by atoms with Crippen molar-refractivity contribution in [2.75, 3.05) is 13.7 Å². The molecule has 2 aliphatic heterocycles. The van der Waals surface area contributed by atoms with Crippen LogP contribution >= 0.6 is 0 Å². The smallest absolute Gasteiger partial charge is 0.118 e. The Hall–Kier alpha value is -1.55. The molecule has 1 fully saturated rings. The summed E-state index contributed by atoms with van der Waals surface area (Å²) in [6.07, 6.45) is 0.900. The van der Waals surface area contributed by atoms with Gasteiger partial charge in [0.2, 0.25) is 0 Å². The molecule has 0 aromatic heterocycles. The molecule has 19 heavy (non-hydrogen) atoms. The third kappa shape index (κ3) is 2.32. The van der Waals surface area contributed by atoms with Crippen LogP contribution in [-0.2, 0) is 4.74 Å². The van der Waals surface area contributed by atoms with Crippen LogP contribution < -0.4 is 10.2 Å². The van der Waals surface area contributed by atoms with Crippen LogP contribution in [0.4, 0.5) is 0 Å². The molecule has 0 aliphatic carbocycles. The van der Waals surface area contributed by atoms with E-state index in [-0.39, 0.29) is 11.6 Å². The first-order valence-electron chi connectivity index (χ1n) is 6.69. The van der Waals surface area contributed by atoms with Gasteiger partial charge < -0.3 is 14.9 Å². The molecular weight excluding hydrogens is 240 g/mol. The van der Waals surface area contributed by atoms with Gasteiger partial charge in [-0.25, -0.2) is 0 Å². The van der Waals surface area contributed by atoms with Crippen molar-refractivity contribution in [2.45, 2.75) is 31.9 Å². The fraction of sp³-hybridized carbons (Fsp3) is 0.533. The largest absolute Gasteiger partial charge is 0.497 e. The summed E-state index contributed by atoms with van der Waals surface area (Å²) in [5, 5.41) is 4.51. The van der Waals surface area contributed by atoms with Gasteiger partial charge >= 0.3 is 0 Å². The van der Waals surface area contributed by atoms with Crippen LogP contribution in [0, 0.1) is 5.92 Å². The van der Waals surface area contributed by atoms with Crippen LogP contribution in [0.15, 0.2) is 29.4 Å². The van der Waals surface area contributed by atoms with E-state index in [0.717, 1.165) is 18.8 Å². The summed E-state index contributed by atoms with van der Waals surface area (Å²) in [7, 11) is 1.68. The molecule has 0 spiro atoms. The van der Waals surface area contributed by atoms with Crippen LogP contribution in [0.2, 0.25) is 0 Å². The number of fused-ring (bicyclic) bond motifs is 1. The molecule has 2 heterocycles. The maximum Gasteiger partial charge on any atom is 0.118 e. The second kappa shape index (κ2) is 4.53. The Kier molecular flexibility index (Phi) is 2.97. The summed E-state index contributed by atoms with van der Waals surface area (Å²) in [6.45, 7) is 4.97. The van der Waals surface area contributed by atoms with Gasteiger partial charge in [0, 0.05) is 18.1 Å². The van der Waals surface area contributed by atoms with Crippen LogP contribution in [0.5, 0.6) is 5.75 Å². The molecule has 1 N–H and O–H groups in total. The standard InChI is InChI=1S/C15H20N2O2/c1-15(2)8-13-12(9-19-15)14(17-16-13)10-4-6-11(18-3)7-5-10/h4-7,12,14,17H,8-9H2,1-3H3. The maximum absolute atomic E-state index is 5.93. The number of nitrogens with one attached hydrogen (secondary N) is 1. The van der Waals surface area contributed by atoms with E-state index in [1.807, 2.05) is 12.1 Å². The highest BCUT2D eigenvalue weighted by molar-refractivity contribution is 5.90. The van der Waals surface area contributed by atoms with Gasteiger partial charge in [-0.05, 0) is 31.5 Å². The highest BCUT2D eigenvalue weighted by Crippen LogP contribution is 2.36. The first kappa shape index (κ1) is 12.5. The van der Waals surface area contributed by atoms with Crippen molar-refractivity contribution in [3.8, 4) is 5.75 Å². The minimum absolute atomic E-state index is 0.0915. The number of hydrogen-bond donors (Lipinski definition) is 1. The Bertz CT molecular complexity index is 493. The maximum atomic E-state index is 5.93. The van der Waals surface area contributed by atoms with Crippen LogP contribution in [0.1, 0.15) is 31.9 Å². The molecule has 3 rings (SSSR count). The second-order valence-corrected chi connectivity index (χ2v) is 5.84. The molecule has 0 radical (unpaired) electrons. The fourth-order valence-electron chi connectivity index (χ4n) is 2.80. The normalized spacial score (nSPS) is 28.3. The van der Waals surface area contributed by atoms with Gasteiger partial charge in [0.05, 0.1) is 25.4 Å². The molecule has 1 aromatic rings. The minimum atomic E-state index is -0.0915. The Morgan fingerprint density at radius 1 is 1.32 bits per heavy atom. The number of benzene rings is 1. The van der Waals surface area contributed by atoms with E-state index >= 15 is 0 Å². The summed E-state index contributed by atoms with van der Waals surface area (Å²) < 4.78 is 11.1. The van der Waals surface area contributed by atoms with Crippen molar-refractivity contribution < 1.29 is 9.47 Å². The third-order valence-corrected chi connectivity index (χ3v) is 3.91. The lowest BCUT2D eigenvalue weighted by Gasteiger charge is -2.35. The fourth-order valence-corrected chi connectivity index (χ4v) is 2.80. The van der Waals surface area contributed by atoms with Crippen molar-refractivity contribution in [3.05, 3.63) is 29.8 Å². The van der Waals surface area contributed by atoms with Crippen LogP contribution in [0.25, 0.3) is 0 Å². The Morgan fingerprint density at radius 2 is 2.05 bits per heavy atom. The molecule has 1 saturated heterocycles. The van der Waals surface area contributed by atoms with E-state index in [1.165, 1.54) is 11.3 Å². The molecule has 2 aliphatic rings. The van der Waals surface area contributed by atoms with Gasteiger partial charge in [0.1, 0.15) is 5.75 Å². The lowest BCUT2D eigenvalue weighted by atomic mass is 9.84. The molecule has 4 nitrogen and oxygen atoms in total. The van der Waals surface area contributed by atoms with Crippen molar-refractivity contribution in [1.82, 2.24) is 5.43 Å². The monoisotopic (exact) mass is 260 g/mol. The lowest BCUT2D eigenvalue weighted by molar-refractivity contribution is -0.0389. The number of ether oxygens (including phenoxy) is 2. The topological polar surface area (TPSA) is 42.8 Å². The first-order chi connectivity index (χ1) is 9.09. The number of nitrogens with zero attached hydrogens (tertiary/aromatic N) is 1. The highest BCUT2D eigenvalue weighted by atomic mass is 16.5. The number of hydrogen-bond acceptors (Lipinski definition) is 4. The zero-order valence-corrected chi connectivity index (χ0v) is 11.6. The van der Waals surface area contributed by atoms with E-state index < -0.39 is 0 Å². The summed E-state index contributed by atoms with van der Waals surface area (Å²) >= 11 is 0. The molecule has 102 valence electrons. The van der Waals surface area contributed by atoms with Crippen molar-refractivity contribution in [3.63, 3.8) is 0 Å². The number of hydrazone groups is 1. The Balaban J connectivity index is 1.78. The molecule has 0 amide bonds. The molecule has 4 heteroatoms. The first-order valence-corrected chi connectivity index (χ1v) is 6.69. The molecular formula is C15H20N2O2. The Labute approximate surface area is 113 Å². The van der Waals surface area contributed by atoms with Crippen molar-refractivity contribution in [2.24, 2.45) is 11.0 Å². The quantitative estimate of drug-likeness (QED) is 0.888. The minimum Gasteiger partial charge on any atom is -0.497 e. The van der Waals surface area contributed by atoms with Gasteiger partial charge in [-0.2, -0.15) is 5.10 Å². The van der Waals surface area contributed by atoms with Gasteiger partial charge in [-0.3, -0.25) is 0 Å². The predicted molar refractivity (Wildman–Crippen MR) is 74.4 cm³/mol. The van der Waals surface area contributed by atoms with Gasteiger partial charge in [0.25, 0.3) is 0 Å². The van der Waals surface area contributed by atoms with Crippen molar-refractivity contribution in [1.29, 1.82) is 0 Å². The molecule has 2 unspecified atom stereocenters. The van der Waals surface area contributed by atoms with Crippen LogP contribution in [0.3, 0.4) is 0 Å². The Morgan fingerprint density at radius 3 is 2.74 bits per heavy atom. The van der Waals surface area contributed by atoms with E-state index in [2.05, 4.69) is 36.5 Å².